The lowest BCUT2D eigenvalue weighted by Gasteiger charge is -2.15. The van der Waals surface area contributed by atoms with Crippen LogP contribution in [0.3, 0.4) is 0 Å². The standard InChI is InChI=1S/C20H27ClN2O2/c1-15-5-7-16(8-6-15)14-25-20-18(21)11-17(12-19(20)24-3)13-23-10-4-9-22-2/h5-8,11-12,22-23H,4,9-10,13-14H2,1-3H3. The van der Waals surface area contributed by atoms with Gasteiger partial charge in [-0.3, -0.25) is 0 Å². The summed E-state index contributed by atoms with van der Waals surface area (Å²) in [7, 11) is 3.59. The summed E-state index contributed by atoms with van der Waals surface area (Å²) in [6.07, 6.45) is 1.08. The van der Waals surface area contributed by atoms with E-state index in [2.05, 4.69) is 41.8 Å². The molecule has 0 fully saturated rings. The SMILES string of the molecule is CNCCCNCc1cc(Cl)c(OCc2ccc(C)cc2)c(OC)c1. The smallest absolute Gasteiger partial charge is 0.180 e. The molecule has 0 radical (unpaired) electrons. The van der Waals surface area contributed by atoms with E-state index in [9.17, 15) is 0 Å². The van der Waals surface area contributed by atoms with Crippen molar-refractivity contribution in [3.05, 3.63) is 58.1 Å². The Morgan fingerprint density at radius 1 is 1.04 bits per heavy atom. The molecule has 0 spiro atoms. The average molecular weight is 363 g/mol. The van der Waals surface area contributed by atoms with Crippen molar-refractivity contribution < 1.29 is 9.47 Å². The number of hydrogen-bond donors (Lipinski definition) is 2. The quantitative estimate of drug-likeness (QED) is 0.628. The Balaban J connectivity index is 1.99. The molecule has 0 aliphatic carbocycles. The maximum atomic E-state index is 6.42. The van der Waals surface area contributed by atoms with Crippen LogP contribution in [0.1, 0.15) is 23.1 Å². The lowest BCUT2D eigenvalue weighted by atomic mass is 10.1. The highest BCUT2D eigenvalue weighted by Crippen LogP contribution is 2.37. The van der Waals surface area contributed by atoms with Gasteiger partial charge in [-0.2, -0.15) is 0 Å². The van der Waals surface area contributed by atoms with Crippen LogP contribution in [0.4, 0.5) is 0 Å². The second-order valence-corrected chi connectivity index (χ2v) is 6.42. The van der Waals surface area contributed by atoms with Crippen molar-refractivity contribution in [3.63, 3.8) is 0 Å². The van der Waals surface area contributed by atoms with Crippen LogP contribution in [0, 0.1) is 6.92 Å². The fourth-order valence-corrected chi connectivity index (χ4v) is 2.77. The summed E-state index contributed by atoms with van der Waals surface area (Å²) in [5.74, 6) is 1.25. The lowest BCUT2D eigenvalue weighted by molar-refractivity contribution is 0.284. The highest BCUT2D eigenvalue weighted by Gasteiger charge is 2.12. The molecule has 0 saturated carbocycles. The number of benzene rings is 2. The first-order chi connectivity index (χ1) is 12.1. The van der Waals surface area contributed by atoms with Gasteiger partial charge in [0.2, 0.25) is 0 Å². The first-order valence-corrected chi connectivity index (χ1v) is 8.92. The number of ether oxygens (including phenoxy) is 2. The Morgan fingerprint density at radius 3 is 2.48 bits per heavy atom. The normalized spacial score (nSPS) is 10.7. The predicted molar refractivity (Wildman–Crippen MR) is 104 cm³/mol. The minimum absolute atomic E-state index is 0.456. The fraction of sp³-hybridized carbons (Fsp3) is 0.400. The molecular formula is C20H27ClN2O2. The summed E-state index contributed by atoms with van der Waals surface area (Å²) >= 11 is 6.42. The Hall–Kier alpha value is -1.75. The van der Waals surface area contributed by atoms with E-state index in [4.69, 9.17) is 21.1 Å². The zero-order chi connectivity index (χ0) is 18.1. The Morgan fingerprint density at radius 2 is 1.80 bits per heavy atom. The Labute approximate surface area is 155 Å². The van der Waals surface area contributed by atoms with Crippen LogP contribution in [0.15, 0.2) is 36.4 Å². The van der Waals surface area contributed by atoms with Crippen molar-refractivity contribution in [2.75, 3.05) is 27.2 Å². The van der Waals surface area contributed by atoms with Gasteiger partial charge in [0.25, 0.3) is 0 Å². The number of aryl methyl sites for hydroxylation is 1. The van der Waals surface area contributed by atoms with Crippen molar-refractivity contribution >= 4 is 11.6 Å². The van der Waals surface area contributed by atoms with E-state index in [1.54, 1.807) is 7.11 Å². The Kier molecular flexibility index (Phi) is 8.06. The molecule has 25 heavy (non-hydrogen) atoms. The number of methoxy groups -OCH3 is 1. The third kappa shape index (κ3) is 6.24. The Bertz CT molecular complexity index is 659. The van der Waals surface area contributed by atoms with Gasteiger partial charge in [-0.25, -0.2) is 0 Å². The van der Waals surface area contributed by atoms with Crippen LogP contribution >= 0.6 is 11.6 Å². The summed E-state index contributed by atoms with van der Waals surface area (Å²) in [6, 6.07) is 12.2. The summed E-state index contributed by atoms with van der Waals surface area (Å²) in [4.78, 5) is 0. The van der Waals surface area contributed by atoms with E-state index in [-0.39, 0.29) is 0 Å². The molecule has 0 unspecified atom stereocenters. The van der Waals surface area contributed by atoms with E-state index >= 15 is 0 Å². The maximum Gasteiger partial charge on any atom is 0.180 e. The van der Waals surface area contributed by atoms with Crippen LogP contribution in [0.5, 0.6) is 11.5 Å². The molecule has 0 aromatic heterocycles. The van der Waals surface area contributed by atoms with Crippen molar-refractivity contribution in [2.24, 2.45) is 0 Å². The maximum absolute atomic E-state index is 6.42. The van der Waals surface area contributed by atoms with Crippen LogP contribution < -0.4 is 20.1 Å². The van der Waals surface area contributed by atoms with Crippen LogP contribution in [-0.4, -0.2) is 27.2 Å². The summed E-state index contributed by atoms with van der Waals surface area (Å²) in [5, 5.41) is 7.10. The molecule has 4 nitrogen and oxygen atoms in total. The summed E-state index contributed by atoms with van der Waals surface area (Å²) < 4.78 is 11.4. The molecule has 2 aromatic rings. The molecule has 0 amide bonds. The lowest BCUT2D eigenvalue weighted by Crippen LogP contribution is -2.19. The first-order valence-electron chi connectivity index (χ1n) is 8.54. The second kappa shape index (κ2) is 10.3. The third-order valence-electron chi connectivity index (χ3n) is 3.90. The molecular weight excluding hydrogens is 336 g/mol. The van der Waals surface area contributed by atoms with Gasteiger partial charge in [-0.1, -0.05) is 41.4 Å². The topological polar surface area (TPSA) is 42.5 Å². The third-order valence-corrected chi connectivity index (χ3v) is 4.18. The van der Waals surface area contributed by atoms with Crippen LogP contribution in [0.2, 0.25) is 5.02 Å². The molecule has 0 saturated heterocycles. The van der Waals surface area contributed by atoms with Crippen molar-refractivity contribution in [1.82, 2.24) is 10.6 Å². The molecule has 2 N–H and O–H groups in total. The predicted octanol–water partition coefficient (Wildman–Crippen LogP) is 3.94. The van der Waals surface area contributed by atoms with Gasteiger partial charge >= 0.3 is 0 Å². The molecule has 0 aliphatic heterocycles. The number of hydrogen-bond acceptors (Lipinski definition) is 4. The van der Waals surface area contributed by atoms with Crippen molar-refractivity contribution in [1.29, 1.82) is 0 Å². The minimum atomic E-state index is 0.456. The first kappa shape index (κ1) is 19.6. The van der Waals surface area contributed by atoms with Gasteiger partial charge in [0.1, 0.15) is 6.61 Å². The molecule has 2 aromatic carbocycles. The van der Waals surface area contributed by atoms with Crippen molar-refractivity contribution in [3.8, 4) is 11.5 Å². The molecule has 136 valence electrons. The zero-order valence-electron chi connectivity index (χ0n) is 15.2. The molecule has 0 heterocycles. The van der Waals surface area contributed by atoms with E-state index in [1.165, 1.54) is 5.56 Å². The van der Waals surface area contributed by atoms with E-state index in [0.717, 1.165) is 37.2 Å². The molecule has 0 aliphatic rings. The van der Waals surface area contributed by atoms with Gasteiger partial charge < -0.3 is 20.1 Å². The van der Waals surface area contributed by atoms with Gasteiger partial charge in [-0.05, 0) is 56.7 Å². The van der Waals surface area contributed by atoms with Crippen molar-refractivity contribution in [2.45, 2.75) is 26.5 Å². The van der Waals surface area contributed by atoms with Gasteiger partial charge in [0.15, 0.2) is 11.5 Å². The monoisotopic (exact) mass is 362 g/mol. The van der Waals surface area contributed by atoms with Gasteiger partial charge in [0, 0.05) is 6.54 Å². The summed E-state index contributed by atoms with van der Waals surface area (Å²) in [6.45, 7) is 5.22. The van der Waals surface area contributed by atoms with E-state index in [0.29, 0.717) is 23.1 Å². The van der Waals surface area contributed by atoms with E-state index in [1.807, 2.05) is 19.2 Å². The van der Waals surface area contributed by atoms with Crippen LogP contribution in [-0.2, 0) is 13.2 Å². The largest absolute Gasteiger partial charge is 0.493 e. The highest BCUT2D eigenvalue weighted by molar-refractivity contribution is 6.32. The summed E-state index contributed by atoms with van der Waals surface area (Å²) in [5.41, 5.74) is 3.40. The van der Waals surface area contributed by atoms with Crippen LogP contribution in [0.25, 0.3) is 0 Å². The zero-order valence-corrected chi connectivity index (χ0v) is 16.0. The average Bonchev–Trinajstić information content (AvgIpc) is 2.61. The number of nitrogens with one attached hydrogen (secondary N) is 2. The van der Waals surface area contributed by atoms with E-state index < -0.39 is 0 Å². The van der Waals surface area contributed by atoms with Gasteiger partial charge in [-0.15, -0.1) is 0 Å². The highest BCUT2D eigenvalue weighted by atomic mass is 35.5. The second-order valence-electron chi connectivity index (χ2n) is 6.02. The number of rotatable bonds is 10. The number of halogens is 1. The minimum Gasteiger partial charge on any atom is -0.493 e. The molecule has 0 atom stereocenters. The molecule has 5 heteroatoms. The molecule has 2 rings (SSSR count). The molecule has 0 bridgehead atoms. The fourth-order valence-electron chi connectivity index (χ4n) is 2.48. The van der Waals surface area contributed by atoms with Gasteiger partial charge in [0.05, 0.1) is 12.1 Å².